The Bertz CT molecular complexity index is 434. The van der Waals surface area contributed by atoms with Crippen LogP contribution in [-0.2, 0) is 9.59 Å². The van der Waals surface area contributed by atoms with Crippen molar-refractivity contribution in [2.24, 2.45) is 5.92 Å². The van der Waals surface area contributed by atoms with Crippen LogP contribution >= 0.6 is 0 Å². The summed E-state index contributed by atoms with van der Waals surface area (Å²) in [6, 6.07) is 0.640. The van der Waals surface area contributed by atoms with Gasteiger partial charge in [-0.25, -0.2) is 0 Å². The van der Waals surface area contributed by atoms with E-state index in [1.54, 1.807) is 0 Å². The molecule has 2 saturated heterocycles. The van der Waals surface area contributed by atoms with Gasteiger partial charge in [-0.15, -0.1) is 0 Å². The number of nitrogens with zero attached hydrogens (tertiary/aromatic N) is 3. The summed E-state index contributed by atoms with van der Waals surface area (Å²) >= 11 is 0. The molecule has 0 bridgehead atoms. The maximum absolute atomic E-state index is 12.7. The fourth-order valence-corrected chi connectivity index (χ4v) is 4.14. The molecule has 1 aliphatic carbocycles. The van der Waals surface area contributed by atoms with Crippen LogP contribution in [0.25, 0.3) is 0 Å². The van der Waals surface area contributed by atoms with E-state index < -0.39 is 0 Å². The number of hydrogen-bond donors (Lipinski definition) is 0. The molecule has 3 rings (SSSR count). The zero-order valence-electron chi connectivity index (χ0n) is 15.2. The van der Waals surface area contributed by atoms with Crippen molar-refractivity contribution < 1.29 is 9.59 Å². The minimum Gasteiger partial charge on any atom is -0.342 e. The number of rotatable bonds is 5. The number of likely N-dealkylation sites (N-methyl/N-ethyl adjacent to an activating group) is 1. The first-order valence-electron chi connectivity index (χ1n) is 9.99. The lowest BCUT2D eigenvalue weighted by Crippen LogP contribution is -2.47. The van der Waals surface area contributed by atoms with Crippen molar-refractivity contribution in [3.63, 3.8) is 0 Å². The van der Waals surface area contributed by atoms with E-state index in [0.717, 1.165) is 58.4 Å². The molecule has 5 heteroatoms. The molecule has 0 spiro atoms. The van der Waals surface area contributed by atoms with E-state index in [0.29, 0.717) is 18.5 Å². The van der Waals surface area contributed by atoms with Crippen LogP contribution in [0.5, 0.6) is 0 Å². The standard InChI is InChI=1S/C19H33N3O2/c1-2-20(17-7-8-17)15-18(23)21-13-9-16(10-14-21)19(24)22-11-5-3-4-6-12-22/h16-17H,2-15H2,1H3. The minimum atomic E-state index is 0.137. The first kappa shape index (κ1) is 17.7. The van der Waals surface area contributed by atoms with Gasteiger partial charge in [-0.3, -0.25) is 14.5 Å². The van der Waals surface area contributed by atoms with Gasteiger partial charge in [0.1, 0.15) is 0 Å². The fraction of sp³-hybridized carbons (Fsp3) is 0.895. The lowest BCUT2D eigenvalue weighted by molar-refractivity contribution is -0.141. The van der Waals surface area contributed by atoms with Gasteiger partial charge in [0.25, 0.3) is 0 Å². The van der Waals surface area contributed by atoms with Crippen LogP contribution in [0.15, 0.2) is 0 Å². The Morgan fingerprint density at radius 2 is 1.50 bits per heavy atom. The number of amides is 2. The van der Waals surface area contributed by atoms with E-state index in [-0.39, 0.29) is 11.8 Å². The smallest absolute Gasteiger partial charge is 0.236 e. The second-order valence-electron chi connectivity index (χ2n) is 7.69. The molecule has 0 unspecified atom stereocenters. The molecule has 24 heavy (non-hydrogen) atoms. The predicted octanol–water partition coefficient (Wildman–Crippen LogP) is 2.11. The van der Waals surface area contributed by atoms with Crippen LogP contribution < -0.4 is 0 Å². The Kier molecular flexibility index (Phi) is 6.14. The van der Waals surface area contributed by atoms with Gasteiger partial charge in [-0.2, -0.15) is 0 Å². The number of likely N-dealkylation sites (tertiary alicyclic amines) is 2. The summed E-state index contributed by atoms with van der Waals surface area (Å²) < 4.78 is 0. The zero-order chi connectivity index (χ0) is 16.9. The molecule has 3 fully saturated rings. The Morgan fingerprint density at radius 1 is 0.875 bits per heavy atom. The molecule has 1 saturated carbocycles. The molecule has 0 aromatic rings. The van der Waals surface area contributed by atoms with Crippen LogP contribution in [0, 0.1) is 5.92 Å². The first-order chi connectivity index (χ1) is 11.7. The van der Waals surface area contributed by atoms with E-state index in [1.807, 2.05) is 4.90 Å². The highest BCUT2D eigenvalue weighted by Crippen LogP contribution is 2.27. The average Bonchev–Trinajstić information content (AvgIpc) is 3.45. The quantitative estimate of drug-likeness (QED) is 0.773. The van der Waals surface area contributed by atoms with Crippen molar-refractivity contribution in [3.8, 4) is 0 Å². The van der Waals surface area contributed by atoms with E-state index in [2.05, 4.69) is 16.7 Å². The van der Waals surface area contributed by atoms with Crippen LogP contribution in [0.1, 0.15) is 58.3 Å². The second kappa shape index (κ2) is 8.32. The normalized spacial score (nSPS) is 23.4. The van der Waals surface area contributed by atoms with Crippen LogP contribution in [0.2, 0.25) is 0 Å². The molecule has 3 aliphatic rings. The highest BCUT2D eigenvalue weighted by molar-refractivity contribution is 5.81. The summed E-state index contributed by atoms with van der Waals surface area (Å²) in [6.45, 7) is 7.04. The average molecular weight is 335 g/mol. The van der Waals surface area contributed by atoms with Gasteiger partial charge >= 0.3 is 0 Å². The summed E-state index contributed by atoms with van der Waals surface area (Å²) in [5.41, 5.74) is 0. The maximum atomic E-state index is 12.7. The molecule has 0 atom stereocenters. The first-order valence-corrected chi connectivity index (χ1v) is 9.99. The number of carbonyl (C=O) groups is 2. The predicted molar refractivity (Wildman–Crippen MR) is 94.6 cm³/mol. The Hall–Kier alpha value is -1.10. The van der Waals surface area contributed by atoms with Crippen LogP contribution in [0.3, 0.4) is 0 Å². The summed E-state index contributed by atoms with van der Waals surface area (Å²) in [5, 5.41) is 0. The maximum Gasteiger partial charge on any atom is 0.236 e. The van der Waals surface area contributed by atoms with Gasteiger partial charge in [0.15, 0.2) is 0 Å². The van der Waals surface area contributed by atoms with Crippen molar-refractivity contribution in [2.75, 3.05) is 39.3 Å². The number of carbonyl (C=O) groups excluding carboxylic acids is 2. The number of hydrogen-bond acceptors (Lipinski definition) is 3. The Labute approximate surface area is 146 Å². The summed E-state index contributed by atoms with van der Waals surface area (Å²) in [6.07, 6.45) is 8.99. The lowest BCUT2D eigenvalue weighted by atomic mass is 9.95. The Morgan fingerprint density at radius 3 is 2.04 bits per heavy atom. The largest absolute Gasteiger partial charge is 0.342 e. The molecular formula is C19H33N3O2. The highest BCUT2D eigenvalue weighted by Gasteiger charge is 2.33. The molecular weight excluding hydrogens is 302 g/mol. The lowest BCUT2D eigenvalue weighted by Gasteiger charge is -2.35. The fourth-order valence-electron chi connectivity index (χ4n) is 4.14. The van der Waals surface area contributed by atoms with Gasteiger partial charge in [-0.1, -0.05) is 19.8 Å². The van der Waals surface area contributed by atoms with Crippen molar-refractivity contribution in [2.45, 2.75) is 64.3 Å². The highest BCUT2D eigenvalue weighted by atomic mass is 16.2. The monoisotopic (exact) mass is 335 g/mol. The molecule has 2 heterocycles. The molecule has 2 aliphatic heterocycles. The zero-order valence-corrected chi connectivity index (χ0v) is 15.2. The Balaban J connectivity index is 1.44. The van der Waals surface area contributed by atoms with Gasteiger partial charge in [0.05, 0.1) is 6.54 Å². The van der Waals surface area contributed by atoms with E-state index in [4.69, 9.17) is 0 Å². The molecule has 0 radical (unpaired) electrons. The van der Waals surface area contributed by atoms with E-state index in [1.165, 1.54) is 25.7 Å². The topological polar surface area (TPSA) is 43.9 Å². The van der Waals surface area contributed by atoms with Gasteiger partial charge in [-0.05, 0) is 45.1 Å². The summed E-state index contributed by atoms with van der Waals surface area (Å²) in [5.74, 6) is 0.736. The van der Waals surface area contributed by atoms with Crippen molar-refractivity contribution in [1.82, 2.24) is 14.7 Å². The summed E-state index contributed by atoms with van der Waals surface area (Å²) in [4.78, 5) is 31.6. The van der Waals surface area contributed by atoms with Gasteiger partial charge < -0.3 is 9.80 Å². The van der Waals surface area contributed by atoms with Crippen molar-refractivity contribution >= 4 is 11.8 Å². The van der Waals surface area contributed by atoms with Gasteiger partial charge in [0.2, 0.25) is 11.8 Å². The van der Waals surface area contributed by atoms with Crippen molar-refractivity contribution in [1.29, 1.82) is 0 Å². The third-order valence-corrected chi connectivity index (χ3v) is 5.92. The number of piperidine rings is 1. The second-order valence-corrected chi connectivity index (χ2v) is 7.69. The molecule has 0 aromatic heterocycles. The van der Waals surface area contributed by atoms with Crippen LogP contribution in [0.4, 0.5) is 0 Å². The van der Waals surface area contributed by atoms with E-state index >= 15 is 0 Å². The molecule has 136 valence electrons. The SMILES string of the molecule is CCN(CC(=O)N1CCC(C(=O)N2CCCCCC2)CC1)C1CC1. The molecule has 2 amide bonds. The molecule has 0 N–H and O–H groups in total. The van der Waals surface area contributed by atoms with Crippen LogP contribution in [-0.4, -0.2) is 71.8 Å². The molecule has 5 nitrogen and oxygen atoms in total. The molecule has 0 aromatic carbocycles. The van der Waals surface area contributed by atoms with E-state index in [9.17, 15) is 9.59 Å². The summed E-state index contributed by atoms with van der Waals surface area (Å²) in [7, 11) is 0. The third-order valence-electron chi connectivity index (χ3n) is 5.92. The van der Waals surface area contributed by atoms with Gasteiger partial charge in [0, 0.05) is 38.1 Å². The van der Waals surface area contributed by atoms with Crippen molar-refractivity contribution in [3.05, 3.63) is 0 Å². The third kappa shape index (κ3) is 4.50. The minimum absolute atomic E-state index is 0.137.